The van der Waals surface area contributed by atoms with E-state index < -0.39 is 5.91 Å². The van der Waals surface area contributed by atoms with E-state index in [0.717, 1.165) is 52.9 Å². The highest BCUT2D eigenvalue weighted by molar-refractivity contribution is 8.00. The van der Waals surface area contributed by atoms with Gasteiger partial charge in [0.2, 0.25) is 5.91 Å². The van der Waals surface area contributed by atoms with Crippen molar-refractivity contribution in [3.63, 3.8) is 0 Å². The number of nitrogens with zero attached hydrogens (tertiary/aromatic N) is 2. The van der Waals surface area contributed by atoms with Crippen molar-refractivity contribution in [3.05, 3.63) is 32.8 Å². The zero-order valence-corrected chi connectivity index (χ0v) is 18.2. The van der Waals surface area contributed by atoms with Gasteiger partial charge in [0.25, 0.3) is 5.91 Å². The first-order chi connectivity index (χ1) is 14.1. The van der Waals surface area contributed by atoms with Crippen LogP contribution in [0.15, 0.2) is 11.4 Å². The molecule has 2 amide bonds. The molecular formula is C20H20N4O2S3. The molecular weight excluding hydrogens is 424 g/mol. The van der Waals surface area contributed by atoms with E-state index in [0.29, 0.717) is 10.6 Å². The zero-order valence-electron chi connectivity index (χ0n) is 15.7. The molecule has 6 nitrogen and oxygen atoms in total. The van der Waals surface area contributed by atoms with Crippen LogP contribution in [0.1, 0.15) is 50.5 Å². The number of anilines is 1. The summed E-state index contributed by atoms with van der Waals surface area (Å²) in [5, 5.41) is 5.50. The average Bonchev–Trinajstić information content (AvgIpc) is 3.38. The van der Waals surface area contributed by atoms with Gasteiger partial charge in [0.05, 0.1) is 11.3 Å². The Morgan fingerprint density at radius 3 is 2.66 bits per heavy atom. The minimum Gasteiger partial charge on any atom is -0.365 e. The van der Waals surface area contributed by atoms with Gasteiger partial charge in [0.15, 0.2) is 0 Å². The summed E-state index contributed by atoms with van der Waals surface area (Å²) in [5.74, 6) is -0.375. The van der Waals surface area contributed by atoms with Gasteiger partial charge in [-0.1, -0.05) is 11.8 Å². The third kappa shape index (κ3) is 3.45. The Bertz CT molecular complexity index is 1130. The van der Waals surface area contributed by atoms with Gasteiger partial charge in [-0.25, -0.2) is 9.97 Å². The Hall–Kier alpha value is -1.97. The maximum Gasteiger partial charge on any atom is 0.251 e. The molecule has 0 bridgehead atoms. The lowest BCUT2D eigenvalue weighted by atomic mass is 9.97. The van der Waals surface area contributed by atoms with Crippen LogP contribution in [-0.2, 0) is 30.5 Å². The fourth-order valence-electron chi connectivity index (χ4n) is 4.22. The lowest BCUT2D eigenvalue weighted by Gasteiger charge is -2.11. The number of carbonyl (C=O) groups excluding carboxylic acids is 2. The summed E-state index contributed by atoms with van der Waals surface area (Å²) in [5.41, 5.74) is 8.47. The minimum atomic E-state index is -0.463. The number of amides is 2. The van der Waals surface area contributed by atoms with Crippen molar-refractivity contribution in [2.24, 2.45) is 5.73 Å². The van der Waals surface area contributed by atoms with Crippen molar-refractivity contribution in [2.75, 3.05) is 11.1 Å². The van der Waals surface area contributed by atoms with Crippen LogP contribution in [0.5, 0.6) is 0 Å². The molecule has 29 heavy (non-hydrogen) atoms. The first kappa shape index (κ1) is 19.0. The molecule has 0 radical (unpaired) electrons. The van der Waals surface area contributed by atoms with Crippen LogP contribution in [-0.4, -0.2) is 27.5 Å². The van der Waals surface area contributed by atoms with Crippen molar-refractivity contribution in [3.8, 4) is 0 Å². The second-order valence-electron chi connectivity index (χ2n) is 7.33. The number of nitrogens with two attached hydrogens (primary N) is 1. The molecule has 9 heteroatoms. The molecule has 0 saturated heterocycles. The predicted molar refractivity (Wildman–Crippen MR) is 118 cm³/mol. The maximum absolute atomic E-state index is 12.6. The van der Waals surface area contributed by atoms with Crippen LogP contribution in [0, 0.1) is 0 Å². The monoisotopic (exact) mass is 444 g/mol. The van der Waals surface area contributed by atoms with Gasteiger partial charge >= 0.3 is 0 Å². The standard InChI is InChI=1S/C20H20N4O2S3/c21-17(26)15-10-5-3-7-13(10)29-20(15)24-14(25)8-27-18-16-11-4-1-2-6-12(11)28-19(16)23-9-22-18/h9H,1-8H2,(H2,21,26)(H,24,25). The molecule has 3 aromatic rings. The molecule has 0 aliphatic heterocycles. The molecule has 0 fully saturated rings. The molecule has 0 spiro atoms. The molecule has 2 aliphatic rings. The zero-order chi connectivity index (χ0) is 20.0. The number of hydrogen-bond donors (Lipinski definition) is 2. The van der Waals surface area contributed by atoms with Gasteiger partial charge in [-0.3, -0.25) is 9.59 Å². The molecule has 3 heterocycles. The van der Waals surface area contributed by atoms with Gasteiger partial charge < -0.3 is 11.1 Å². The summed E-state index contributed by atoms with van der Waals surface area (Å²) in [7, 11) is 0. The molecule has 3 aromatic heterocycles. The fraction of sp³-hybridized carbons (Fsp3) is 0.400. The summed E-state index contributed by atoms with van der Waals surface area (Å²) >= 11 is 4.67. The number of rotatable bonds is 5. The molecule has 0 aromatic carbocycles. The first-order valence-corrected chi connectivity index (χ1v) is 12.4. The van der Waals surface area contributed by atoms with Crippen LogP contribution in [0.25, 0.3) is 10.2 Å². The third-order valence-electron chi connectivity index (χ3n) is 5.48. The largest absolute Gasteiger partial charge is 0.365 e. The van der Waals surface area contributed by atoms with Crippen molar-refractivity contribution < 1.29 is 9.59 Å². The maximum atomic E-state index is 12.6. The predicted octanol–water partition coefficient (Wildman–Crippen LogP) is 3.95. The molecule has 0 unspecified atom stereocenters. The van der Waals surface area contributed by atoms with Gasteiger partial charge in [0, 0.05) is 15.1 Å². The average molecular weight is 445 g/mol. The third-order valence-corrected chi connectivity index (χ3v) is 8.87. The van der Waals surface area contributed by atoms with Gasteiger partial charge in [-0.15, -0.1) is 22.7 Å². The fourth-order valence-corrected chi connectivity index (χ4v) is 7.65. The number of primary amides is 1. The van der Waals surface area contributed by atoms with Crippen molar-refractivity contribution in [2.45, 2.75) is 50.0 Å². The summed E-state index contributed by atoms with van der Waals surface area (Å²) in [6.45, 7) is 0. The molecule has 150 valence electrons. The second kappa shape index (κ2) is 7.70. The van der Waals surface area contributed by atoms with E-state index in [2.05, 4.69) is 15.3 Å². The topological polar surface area (TPSA) is 98.0 Å². The van der Waals surface area contributed by atoms with Crippen LogP contribution in [0.3, 0.4) is 0 Å². The minimum absolute atomic E-state index is 0.145. The van der Waals surface area contributed by atoms with Gasteiger partial charge in [-0.2, -0.15) is 0 Å². The van der Waals surface area contributed by atoms with Crippen LogP contribution < -0.4 is 11.1 Å². The van der Waals surface area contributed by atoms with Gasteiger partial charge in [0.1, 0.15) is 21.2 Å². The summed E-state index contributed by atoms with van der Waals surface area (Å²) < 4.78 is 0. The quantitative estimate of drug-likeness (QED) is 0.459. The SMILES string of the molecule is NC(=O)c1c(NC(=O)CSc2ncnc3sc4c(c23)CCCC4)sc2c1CCC2. The number of nitrogens with one attached hydrogen (secondary N) is 1. The molecule has 0 saturated carbocycles. The Morgan fingerprint density at radius 2 is 1.79 bits per heavy atom. The summed E-state index contributed by atoms with van der Waals surface area (Å²) in [6.07, 6.45) is 9.02. The summed E-state index contributed by atoms with van der Waals surface area (Å²) in [6, 6.07) is 0. The Balaban J connectivity index is 1.35. The Kier molecular flexibility index (Phi) is 5.05. The highest BCUT2D eigenvalue weighted by Crippen LogP contribution is 2.40. The van der Waals surface area contributed by atoms with Gasteiger partial charge in [-0.05, 0) is 56.1 Å². The van der Waals surface area contributed by atoms with E-state index >= 15 is 0 Å². The first-order valence-electron chi connectivity index (χ1n) is 9.74. The lowest BCUT2D eigenvalue weighted by Crippen LogP contribution is -2.19. The van der Waals surface area contributed by atoms with Crippen LogP contribution in [0.2, 0.25) is 0 Å². The van der Waals surface area contributed by atoms with E-state index in [4.69, 9.17) is 5.73 Å². The Labute approximate surface area is 180 Å². The Morgan fingerprint density at radius 1 is 1.03 bits per heavy atom. The highest BCUT2D eigenvalue weighted by atomic mass is 32.2. The van der Waals surface area contributed by atoms with E-state index in [1.165, 1.54) is 51.3 Å². The van der Waals surface area contributed by atoms with E-state index in [1.807, 2.05) is 0 Å². The van der Waals surface area contributed by atoms with Crippen LogP contribution in [0.4, 0.5) is 5.00 Å². The number of aromatic nitrogens is 2. The molecule has 2 aliphatic carbocycles. The highest BCUT2D eigenvalue weighted by Gasteiger charge is 2.26. The van der Waals surface area contributed by atoms with Crippen molar-refractivity contribution >= 4 is 61.5 Å². The van der Waals surface area contributed by atoms with E-state index in [-0.39, 0.29) is 11.7 Å². The molecule has 3 N–H and O–H groups in total. The summed E-state index contributed by atoms with van der Waals surface area (Å²) in [4.78, 5) is 37.0. The number of aryl methyl sites for hydroxylation is 3. The normalized spacial score (nSPS) is 15.3. The number of thioether (sulfide) groups is 1. The van der Waals surface area contributed by atoms with Crippen LogP contribution >= 0.6 is 34.4 Å². The molecule has 0 atom stereocenters. The van der Waals surface area contributed by atoms with E-state index in [1.54, 1.807) is 17.7 Å². The smallest absolute Gasteiger partial charge is 0.251 e. The van der Waals surface area contributed by atoms with Crippen molar-refractivity contribution in [1.29, 1.82) is 0 Å². The number of fused-ring (bicyclic) bond motifs is 4. The molecule has 5 rings (SSSR count). The second-order valence-corrected chi connectivity index (χ2v) is 10.5. The van der Waals surface area contributed by atoms with E-state index in [9.17, 15) is 9.59 Å². The lowest BCUT2D eigenvalue weighted by molar-refractivity contribution is -0.113. The van der Waals surface area contributed by atoms with Crippen molar-refractivity contribution in [1.82, 2.24) is 9.97 Å². The number of thiophene rings is 2. The number of carbonyl (C=O) groups is 2. The number of hydrogen-bond acceptors (Lipinski definition) is 7.